The Morgan fingerprint density at radius 3 is 2.53 bits per heavy atom. The van der Waals surface area contributed by atoms with Crippen molar-refractivity contribution in [1.82, 2.24) is 24.6 Å². The Morgan fingerprint density at radius 1 is 1.18 bits per heavy atom. The molecule has 2 aromatic rings. The number of nitrogens with zero attached hydrogens (tertiary/aromatic N) is 5. The van der Waals surface area contributed by atoms with Crippen LogP contribution in [0.15, 0.2) is 18.2 Å². The highest BCUT2D eigenvalue weighted by Crippen LogP contribution is 2.58. The lowest BCUT2D eigenvalue weighted by molar-refractivity contribution is -0.182. The molecule has 34 heavy (non-hydrogen) atoms. The van der Waals surface area contributed by atoms with E-state index in [9.17, 15) is 18.0 Å². The predicted octanol–water partition coefficient (Wildman–Crippen LogP) is 4.69. The van der Waals surface area contributed by atoms with Gasteiger partial charge in [0.2, 0.25) is 5.91 Å². The van der Waals surface area contributed by atoms with Crippen molar-refractivity contribution in [1.29, 1.82) is 0 Å². The van der Waals surface area contributed by atoms with Crippen LogP contribution in [0, 0.1) is 10.8 Å². The molecule has 2 aliphatic carbocycles. The predicted molar refractivity (Wildman–Crippen MR) is 119 cm³/mol. The Kier molecular flexibility index (Phi) is 4.73. The van der Waals surface area contributed by atoms with Gasteiger partial charge < -0.3 is 4.90 Å². The van der Waals surface area contributed by atoms with E-state index in [1.165, 1.54) is 11.8 Å². The maximum atomic E-state index is 13.6. The molecule has 1 unspecified atom stereocenters. The molecule has 3 heterocycles. The molecule has 6 nitrogen and oxygen atoms in total. The number of fused-ring (bicyclic) bond motifs is 3. The van der Waals surface area contributed by atoms with Crippen LogP contribution in [0.5, 0.6) is 0 Å². The zero-order valence-corrected chi connectivity index (χ0v) is 20.0. The first-order valence-electron chi connectivity index (χ1n) is 11.8. The topological polar surface area (TPSA) is 54.3 Å². The van der Waals surface area contributed by atoms with Gasteiger partial charge in [0.25, 0.3) is 0 Å². The van der Waals surface area contributed by atoms with Crippen molar-refractivity contribution in [2.45, 2.75) is 70.8 Å². The van der Waals surface area contributed by atoms with Crippen LogP contribution in [0.3, 0.4) is 0 Å². The van der Waals surface area contributed by atoms with Gasteiger partial charge in [0, 0.05) is 41.4 Å². The number of hydrogen-bond donors (Lipinski definition) is 0. The average Bonchev–Trinajstić information content (AvgIpc) is 3.38. The quantitative estimate of drug-likeness (QED) is 0.622. The Hall–Kier alpha value is -2.13. The highest BCUT2D eigenvalue weighted by atomic mass is 35.5. The fraction of sp³-hybridized carbons (Fsp3) is 0.625. The molecule has 182 valence electrons. The highest BCUT2D eigenvalue weighted by Gasteiger charge is 2.58. The minimum atomic E-state index is -4.35. The van der Waals surface area contributed by atoms with E-state index in [4.69, 9.17) is 11.6 Å². The second kappa shape index (κ2) is 7.20. The van der Waals surface area contributed by atoms with E-state index in [0.717, 1.165) is 55.8 Å². The molecule has 1 amide bonds. The van der Waals surface area contributed by atoms with Crippen molar-refractivity contribution in [3.63, 3.8) is 0 Å². The van der Waals surface area contributed by atoms with Crippen LogP contribution in [0.1, 0.15) is 62.7 Å². The second-order valence-electron chi connectivity index (χ2n) is 11.0. The summed E-state index contributed by atoms with van der Waals surface area (Å²) in [4.78, 5) is 16.0. The van der Waals surface area contributed by atoms with Crippen molar-refractivity contribution in [2.24, 2.45) is 10.8 Å². The third-order valence-electron chi connectivity index (χ3n) is 8.36. The van der Waals surface area contributed by atoms with E-state index < -0.39 is 12.2 Å². The fourth-order valence-electron chi connectivity index (χ4n) is 5.91. The molecule has 4 aliphatic rings. The standard InChI is InChI=1S/C24H27ClF3N5O/c1-14(24(26,27)28)31-10-15-7-17(25)3-4-18(15)33-19(11-31)29-30-20(33)16-8-23(9-16)12-32(13-23)21(34)22(2)5-6-22/h3-4,7,14,16H,5-6,8-13H2,1-2H3. The van der Waals surface area contributed by atoms with Crippen LogP contribution in [0.2, 0.25) is 5.02 Å². The third kappa shape index (κ3) is 3.46. The van der Waals surface area contributed by atoms with Gasteiger partial charge in [0.15, 0.2) is 5.82 Å². The summed E-state index contributed by atoms with van der Waals surface area (Å²) in [5, 5.41) is 9.28. The molecule has 1 spiro atoms. The van der Waals surface area contributed by atoms with Gasteiger partial charge in [0.05, 0.1) is 12.2 Å². The van der Waals surface area contributed by atoms with E-state index in [1.54, 1.807) is 12.1 Å². The van der Waals surface area contributed by atoms with Crippen LogP contribution in [0.25, 0.3) is 5.69 Å². The van der Waals surface area contributed by atoms with Gasteiger partial charge in [-0.15, -0.1) is 10.2 Å². The van der Waals surface area contributed by atoms with Gasteiger partial charge in [-0.3, -0.25) is 14.3 Å². The summed E-state index contributed by atoms with van der Waals surface area (Å²) in [5.41, 5.74) is 1.53. The summed E-state index contributed by atoms with van der Waals surface area (Å²) in [6.45, 7) is 4.99. The van der Waals surface area contributed by atoms with Gasteiger partial charge in [-0.2, -0.15) is 13.2 Å². The molecule has 1 aromatic carbocycles. The summed E-state index contributed by atoms with van der Waals surface area (Å²) in [5.74, 6) is 1.76. The van der Waals surface area contributed by atoms with Crippen LogP contribution < -0.4 is 0 Å². The van der Waals surface area contributed by atoms with Crippen LogP contribution >= 0.6 is 11.6 Å². The molecular weight excluding hydrogens is 467 g/mol. The third-order valence-corrected chi connectivity index (χ3v) is 8.59. The minimum Gasteiger partial charge on any atom is -0.341 e. The molecule has 3 fully saturated rings. The highest BCUT2D eigenvalue weighted by molar-refractivity contribution is 6.30. The Bertz CT molecular complexity index is 1160. The number of hydrogen-bond acceptors (Lipinski definition) is 4. The molecule has 1 atom stereocenters. The van der Waals surface area contributed by atoms with Crippen molar-refractivity contribution >= 4 is 17.5 Å². The maximum absolute atomic E-state index is 13.6. The molecule has 2 saturated carbocycles. The summed E-state index contributed by atoms with van der Waals surface area (Å²) in [7, 11) is 0. The zero-order valence-electron chi connectivity index (χ0n) is 19.2. The largest absolute Gasteiger partial charge is 0.403 e. The summed E-state index contributed by atoms with van der Waals surface area (Å²) >= 11 is 6.21. The Balaban J connectivity index is 1.25. The first kappa shape index (κ1) is 22.3. The molecule has 0 radical (unpaired) electrons. The SMILES string of the molecule is CC(N1Cc2cc(Cl)ccc2-n2c(nnc2C2CC3(C2)CN(C(=O)C2(C)CC2)C3)C1)C(F)(F)F. The number of amides is 1. The van der Waals surface area contributed by atoms with Gasteiger partial charge in [-0.05, 0) is 56.4 Å². The van der Waals surface area contributed by atoms with Crippen LogP contribution in [-0.2, 0) is 17.9 Å². The van der Waals surface area contributed by atoms with Crippen molar-refractivity contribution < 1.29 is 18.0 Å². The number of carbonyl (C=O) groups excluding carboxylic acids is 1. The Morgan fingerprint density at radius 2 is 1.88 bits per heavy atom. The molecule has 10 heteroatoms. The summed E-state index contributed by atoms with van der Waals surface area (Å²) in [6.07, 6.45) is -0.550. The van der Waals surface area contributed by atoms with Crippen LogP contribution in [0.4, 0.5) is 13.2 Å². The van der Waals surface area contributed by atoms with E-state index in [0.29, 0.717) is 10.8 Å². The number of halogens is 4. The average molecular weight is 494 g/mol. The lowest BCUT2D eigenvalue weighted by Gasteiger charge is -2.59. The number of rotatable bonds is 3. The van der Waals surface area contributed by atoms with Crippen molar-refractivity contribution in [3.05, 3.63) is 40.4 Å². The van der Waals surface area contributed by atoms with Gasteiger partial charge in [0.1, 0.15) is 11.9 Å². The van der Waals surface area contributed by atoms with Gasteiger partial charge in [-0.25, -0.2) is 0 Å². The molecule has 0 bridgehead atoms. The smallest absolute Gasteiger partial charge is 0.341 e. The van der Waals surface area contributed by atoms with E-state index in [1.807, 2.05) is 22.5 Å². The second-order valence-corrected chi connectivity index (χ2v) is 11.5. The monoisotopic (exact) mass is 493 g/mol. The number of benzene rings is 1. The minimum absolute atomic E-state index is 0.0543. The van der Waals surface area contributed by atoms with Crippen molar-refractivity contribution in [2.75, 3.05) is 13.1 Å². The lowest BCUT2D eigenvalue weighted by Crippen LogP contribution is -2.64. The van der Waals surface area contributed by atoms with Crippen molar-refractivity contribution in [3.8, 4) is 5.69 Å². The Labute approximate surface area is 201 Å². The number of aromatic nitrogens is 3. The molecule has 6 rings (SSSR count). The fourth-order valence-corrected chi connectivity index (χ4v) is 6.11. The zero-order chi connectivity index (χ0) is 24.0. The lowest BCUT2D eigenvalue weighted by atomic mass is 9.57. The van der Waals surface area contributed by atoms with E-state index in [2.05, 4.69) is 10.2 Å². The number of alkyl halides is 3. The number of carbonyl (C=O) groups is 1. The van der Waals surface area contributed by atoms with Gasteiger partial charge in [-0.1, -0.05) is 18.5 Å². The van der Waals surface area contributed by atoms with Crippen LogP contribution in [-0.4, -0.2) is 55.8 Å². The molecular formula is C24H27ClF3N5O. The first-order valence-corrected chi connectivity index (χ1v) is 12.2. The van der Waals surface area contributed by atoms with E-state index >= 15 is 0 Å². The summed E-state index contributed by atoms with van der Waals surface area (Å²) < 4.78 is 42.6. The number of likely N-dealkylation sites (tertiary alicyclic amines) is 1. The molecule has 1 aromatic heterocycles. The summed E-state index contributed by atoms with van der Waals surface area (Å²) in [6, 6.07) is 3.73. The first-order chi connectivity index (χ1) is 16.0. The molecule has 0 N–H and O–H groups in total. The molecule has 2 aliphatic heterocycles. The normalized spacial score (nSPS) is 24.0. The molecule has 1 saturated heterocycles. The maximum Gasteiger partial charge on any atom is 0.403 e. The van der Waals surface area contributed by atoms with Gasteiger partial charge >= 0.3 is 6.18 Å². The van der Waals surface area contributed by atoms with E-state index in [-0.39, 0.29) is 35.7 Å².